The van der Waals surface area contributed by atoms with Crippen molar-refractivity contribution < 1.29 is 18.7 Å². The number of aryl methyl sites for hydroxylation is 1. The minimum Gasteiger partial charge on any atom is -0.486 e. The Balaban J connectivity index is 1.10. The van der Waals surface area contributed by atoms with E-state index < -0.39 is 0 Å². The van der Waals surface area contributed by atoms with Gasteiger partial charge in [-0.05, 0) is 67.3 Å². The second kappa shape index (κ2) is 9.26. The lowest BCUT2D eigenvalue weighted by molar-refractivity contribution is -0.129. The van der Waals surface area contributed by atoms with Crippen LogP contribution in [-0.4, -0.2) is 46.5 Å². The van der Waals surface area contributed by atoms with Crippen molar-refractivity contribution in [1.29, 1.82) is 0 Å². The molecular formula is C25H27N3O4S2. The van der Waals surface area contributed by atoms with Gasteiger partial charge in [0.15, 0.2) is 11.5 Å². The van der Waals surface area contributed by atoms with Crippen LogP contribution in [0.15, 0.2) is 33.9 Å². The summed E-state index contributed by atoms with van der Waals surface area (Å²) in [6.07, 6.45) is 5.43. The molecule has 0 radical (unpaired) electrons. The number of carbonyl (C=O) groups is 1. The number of carbonyl (C=O) groups excluding carboxylic acids is 1. The minimum atomic E-state index is 0.0574. The number of rotatable bonds is 5. The van der Waals surface area contributed by atoms with E-state index in [0.717, 1.165) is 60.1 Å². The monoisotopic (exact) mass is 497 g/mol. The summed E-state index contributed by atoms with van der Waals surface area (Å²) in [5, 5.41) is 8.88. The third-order valence-electron chi connectivity index (χ3n) is 6.79. The van der Waals surface area contributed by atoms with Gasteiger partial charge >= 0.3 is 0 Å². The largest absolute Gasteiger partial charge is 0.486 e. The topological polar surface area (TPSA) is 77.7 Å². The Morgan fingerprint density at radius 3 is 2.97 bits per heavy atom. The highest BCUT2D eigenvalue weighted by Crippen LogP contribution is 2.39. The number of fused-ring (bicyclic) bond motifs is 2. The van der Waals surface area contributed by atoms with Crippen LogP contribution in [0.2, 0.25) is 0 Å². The third kappa shape index (κ3) is 4.31. The summed E-state index contributed by atoms with van der Waals surface area (Å²) in [4.78, 5) is 17.5. The number of benzene rings is 1. The lowest BCUT2D eigenvalue weighted by Crippen LogP contribution is -2.32. The van der Waals surface area contributed by atoms with Gasteiger partial charge < -0.3 is 18.8 Å². The zero-order valence-electron chi connectivity index (χ0n) is 19.1. The highest BCUT2D eigenvalue weighted by atomic mass is 32.2. The van der Waals surface area contributed by atoms with Crippen molar-refractivity contribution in [2.45, 2.75) is 50.3 Å². The minimum absolute atomic E-state index is 0.0574. The van der Waals surface area contributed by atoms with Crippen molar-refractivity contribution >= 4 is 29.0 Å². The average Bonchev–Trinajstić information content (AvgIpc) is 3.61. The summed E-state index contributed by atoms with van der Waals surface area (Å²) in [5.74, 6) is 3.18. The zero-order valence-corrected chi connectivity index (χ0v) is 20.8. The molecule has 0 bridgehead atoms. The van der Waals surface area contributed by atoms with Crippen LogP contribution in [0.3, 0.4) is 0 Å². The Hall–Kier alpha value is -2.52. The fraction of sp³-hybridized carbons (Fsp3) is 0.480. The molecule has 2 aliphatic heterocycles. The Morgan fingerprint density at radius 1 is 1.18 bits per heavy atom. The van der Waals surface area contributed by atoms with Crippen LogP contribution < -0.4 is 9.47 Å². The molecule has 1 fully saturated rings. The smallest absolute Gasteiger partial charge is 0.277 e. The molecule has 6 rings (SSSR count). The van der Waals surface area contributed by atoms with E-state index in [9.17, 15) is 4.79 Å². The molecule has 3 aromatic rings. The standard InChI is InChI=1S/C25H27N3O4S2/c1-15-4-7-21-17(11-15)13-22(34-21)24-26-27-25(32-24)33-14-23(29)28-8-2-3-18(28)16-5-6-19-20(12-16)31-10-9-30-19/h5-6,12-13,15,18H,2-4,7-11,14H2,1H3/t15-,18-/m0/s1. The van der Waals surface area contributed by atoms with Crippen LogP contribution in [0.4, 0.5) is 0 Å². The first-order chi connectivity index (χ1) is 16.6. The summed E-state index contributed by atoms with van der Waals surface area (Å²) in [6.45, 7) is 4.19. The van der Waals surface area contributed by atoms with Crippen molar-refractivity contribution in [3.8, 4) is 22.3 Å². The average molecular weight is 498 g/mol. The van der Waals surface area contributed by atoms with E-state index in [-0.39, 0.29) is 17.7 Å². The zero-order chi connectivity index (χ0) is 23.1. The van der Waals surface area contributed by atoms with Crippen molar-refractivity contribution in [2.75, 3.05) is 25.5 Å². The van der Waals surface area contributed by atoms with Crippen LogP contribution in [0.25, 0.3) is 10.8 Å². The van der Waals surface area contributed by atoms with Gasteiger partial charge in [0.25, 0.3) is 11.1 Å². The van der Waals surface area contributed by atoms with Crippen LogP contribution >= 0.6 is 23.1 Å². The molecular weight excluding hydrogens is 470 g/mol. The van der Waals surface area contributed by atoms with E-state index in [4.69, 9.17) is 13.9 Å². The first kappa shape index (κ1) is 22.0. The van der Waals surface area contributed by atoms with Crippen LogP contribution in [0, 0.1) is 5.92 Å². The van der Waals surface area contributed by atoms with Crippen molar-refractivity contribution in [3.05, 3.63) is 40.3 Å². The second-order valence-corrected chi connectivity index (χ2v) is 11.3. The molecule has 0 saturated carbocycles. The van der Waals surface area contributed by atoms with E-state index in [1.165, 1.54) is 28.6 Å². The van der Waals surface area contributed by atoms with E-state index in [0.29, 0.717) is 24.3 Å². The van der Waals surface area contributed by atoms with Gasteiger partial charge in [-0.1, -0.05) is 24.8 Å². The van der Waals surface area contributed by atoms with Gasteiger partial charge in [-0.15, -0.1) is 21.5 Å². The van der Waals surface area contributed by atoms with E-state index in [1.807, 2.05) is 23.1 Å². The molecule has 0 spiro atoms. The summed E-state index contributed by atoms with van der Waals surface area (Å²) in [7, 11) is 0. The molecule has 178 valence electrons. The molecule has 2 atom stereocenters. The quantitative estimate of drug-likeness (QED) is 0.451. The molecule has 34 heavy (non-hydrogen) atoms. The van der Waals surface area contributed by atoms with E-state index in [2.05, 4.69) is 23.2 Å². The van der Waals surface area contributed by atoms with Crippen molar-refractivity contribution in [2.24, 2.45) is 5.92 Å². The fourth-order valence-electron chi connectivity index (χ4n) is 5.06. The van der Waals surface area contributed by atoms with Crippen molar-refractivity contribution in [1.82, 2.24) is 15.1 Å². The molecule has 7 nitrogen and oxygen atoms in total. The maximum absolute atomic E-state index is 13.1. The fourth-order valence-corrected chi connectivity index (χ4v) is 6.84. The summed E-state index contributed by atoms with van der Waals surface area (Å²) >= 11 is 3.07. The molecule has 1 aromatic carbocycles. The van der Waals surface area contributed by atoms with Gasteiger partial charge in [0, 0.05) is 11.4 Å². The lowest BCUT2D eigenvalue weighted by atomic mass is 9.90. The summed E-state index contributed by atoms with van der Waals surface area (Å²) < 4.78 is 17.3. The highest BCUT2D eigenvalue weighted by Gasteiger charge is 2.31. The number of thioether (sulfide) groups is 1. The summed E-state index contributed by atoms with van der Waals surface area (Å²) in [6, 6.07) is 8.27. The van der Waals surface area contributed by atoms with Crippen molar-refractivity contribution in [3.63, 3.8) is 0 Å². The molecule has 1 aliphatic carbocycles. The molecule has 1 saturated heterocycles. The SMILES string of the molecule is C[C@H]1CCc2sc(-c3nnc(SCC(=O)N4CCC[C@H]4c4ccc5c(c4)OCCO5)o3)cc2C1. The van der Waals surface area contributed by atoms with Gasteiger partial charge in [0.1, 0.15) is 13.2 Å². The second-order valence-electron chi connectivity index (χ2n) is 9.22. The number of ether oxygens (including phenoxy) is 2. The Bertz CT molecular complexity index is 1210. The molecule has 2 aromatic heterocycles. The Kier molecular flexibility index (Phi) is 5.99. The molecule has 4 heterocycles. The van der Waals surface area contributed by atoms with E-state index >= 15 is 0 Å². The molecule has 0 N–H and O–H groups in total. The van der Waals surface area contributed by atoms with Crippen LogP contribution in [-0.2, 0) is 17.6 Å². The number of hydrogen-bond donors (Lipinski definition) is 0. The predicted octanol–water partition coefficient (Wildman–Crippen LogP) is 5.15. The predicted molar refractivity (Wildman–Crippen MR) is 131 cm³/mol. The number of likely N-dealkylation sites (tertiary alicyclic amines) is 1. The first-order valence-corrected chi connectivity index (χ1v) is 13.7. The normalized spacial score (nSPS) is 21.5. The number of amides is 1. The maximum atomic E-state index is 13.1. The molecule has 1 amide bonds. The van der Waals surface area contributed by atoms with Crippen LogP contribution in [0.5, 0.6) is 11.5 Å². The highest BCUT2D eigenvalue weighted by molar-refractivity contribution is 7.99. The van der Waals surface area contributed by atoms with Gasteiger partial charge in [-0.3, -0.25) is 4.79 Å². The Labute approximate surface area is 206 Å². The summed E-state index contributed by atoms with van der Waals surface area (Å²) in [5.41, 5.74) is 2.51. The number of hydrogen-bond acceptors (Lipinski definition) is 8. The third-order valence-corrected chi connectivity index (χ3v) is 8.82. The maximum Gasteiger partial charge on any atom is 0.277 e. The first-order valence-electron chi connectivity index (χ1n) is 11.9. The van der Waals surface area contributed by atoms with Crippen LogP contribution in [0.1, 0.15) is 48.2 Å². The molecule has 0 unspecified atom stereocenters. The Morgan fingerprint density at radius 2 is 2.06 bits per heavy atom. The van der Waals surface area contributed by atoms with Gasteiger partial charge in [0.2, 0.25) is 5.91 Å². The van der Waals surface area contributed by atoms with Gasteiger partial charge in [0.05, 0.1) is 16.7 Å². The van der Waals surface area contributed by atoms with Gasteiger partial charge in [-0.25, -0.2) is 0 Å². The number of nitrogens with zero attached hydrogens (tertiary/aromatic N) is 3. The van der Waals surface area contributed by atoms with E-state index in [1.54, 1.807) is 11.3 Å². The van der Waals surface area contributed by atoms with Gasteiger partial charge in [-0.2, -0.15) is 0 Å². The molecule has 3 aliphatic rings. The number of thiophene rings is 1. The molecule has 9 heteroatoms. The number of aromatic nitrogens is 2. The lowest BCUT2D eigenvalue weighted by Gasteiger charge is -2.26.